The van der Waals surface area contributed by atoms with Crippen LogP contribution in [0.1, 0.15) is 21.5 Å². The zero-order valence-corrected chi connectivity index (χ0v) is 22.2. The molecule has 4 rings (SSSR count). The number of halogens is 3. The number of hydrogen-bond acceptors (Lipinski definition) is 8. The summed E-state index contributed by atoms with van der Waals surface area (Å²) in [7, 11) is 2.99. The molecule has 0 amide bonds. The predicted molar refractivity (Wildman–Crippen MR) is 153 cm³/mol. The van der Waals surface area contributed by atoms with Gasteiger partial charge in [-0.25, -0.2) is 19.4 Å². The van der Waals surface area contributed by atoms with Crippen LogP contribution in [0.3, 0.4) is 0 Å². The van der Waals surface area contributed by atoms with Crippen LogP contribution in [0.25, 0.3) is 0 Å². The number of rotatable bonds is 9. The molecule has 3 aromatic carbocycles. The molecule has 0 atom stereocenters. The standard InChI is InChI=1S/C28H24ClF2N7O2/c1-38(16-7-4-3-5-8-16)22(37-20-10-6-9-19(29)18(20)14-39)13-34-28-23(27(33)35-15-36-28)26(32)17-11-12-21(40-2)25(31)24(17)30/h3-12,14-15,32H,13H2,1-2H3,(H3,33,34,35,36). The first-order valence-corrected chi connectivity index (χ1v) is 12.2. The van der Waals surface area contributed by atoms with E-state index in [0.29, 0.717) is 17.8 Å². The number of ether oxygens (including phenoxy) is 1. The fraction of sp³-hybridized carbons (Fsp3) is 0.107. The van der Waals surface area contributed by atoms with Crippen LogP contribution >= 0.6 is 11.6 Å². The highest BCUT2D eigenvalue weighted by atomic mass is 35.5. The third kappa shape index (κ3) is 5.74. The Bertz CT molecular complexity index is 1600. The molecule has 4 aromatic rings. The zero-order chi connectivity index (χ0) is 28.8. The van der Waals surface area contributed by atoms with Crippen molar-refractivity contribution in [2.75, 3.05) is 36.7 Å². The van der Waals surface area contributed by atoms with Gasteiger partial charge in [0.15, 0.2) is 17.9 Å². The average molecular weight is 564 g/mol. The molecular formula is C28H24ClF2N7O2. The topological polar surface area (TPSA) is 130 Å². The van der Waals surface area contributed by atoms with E-state index in [1.807, 2.05) is 30.3 Å². The molecule has 0 fully saturated rings. The van der Waals surface area contributed by atoms with Crippen molar-refractivity contribution in [2.24, 2.45) is 4.99 Å². The van der Waals surface area contributed by atoms with Crippen molar-refractivity contribution in [3.05, 3.63) is 100 Å². The summed E-state index contributed by atoms with van der Waals surface area (Å²) in [5, 5.41) is 12.0. The largest absolute Gasteiger partial charge is 0.494 e. The third-order valence-electron chi connectivity index (χ3n) is 6.00. The lowest BCUT2D eigenvalue weighted by atomic mass is 10.0. The molecule has 0 radical (unpaired) electrons. The minimum absolute atomic E-state index is 0.0202. The van der Waals surface area contributed by atoms with Crippen molar-refractivity contribution in [2.45, 2.75) is 0 Å². The Morgan fingerprint density at radius 2 is 1.88 bits per heavy atom. The molecule has 40 heavy (non-hydrogen) atoms. The second kappa shape index (κ2) is 12.3. The Hall–Kier alpha value is -4.90. The van der Waals surface area contributed by atoms with Crippen LogP contribution < -0.4 is 20.7 Å². The molecule has 0 unspecified atom stereocenters. The molecule has 0 saturated carbocycles. The predicted octanol–water partition coefficient (Wildman–Crippen LogP) is 5.51. The molecule has 0 aliphatic carbocycles. The van der Waals surface area contributed by atoms with Gasteiger partial charge in [0, 0.05) is 18.3 Å². The van der Waals surface area contributed by atoms with E-state index in [1.165, 1.54) is 25.6 Å². The monoisotopic (exact) mass is 563 g/mol. The maximum absolute atomic E-state index is 14.8. The lowest BCUT2D eigenvalue weighted by molar-refractivity contribution is 0.112. The lowest BCUT2D eigenvalue weighted by Gasteiger charge is -2.23. The van der Waals surface area contributed by atoms with E-state index in [-0.39, 0.29) is 45.6 Å². The van der Waals surface area contributed by atoms with E-state index in [4.69, 9.17) is 32.5 Å². The SMILES string of the molecule is COc1ccc(C(=N)c2c(N)ncnc2NCC(=Nc2cccc(Cl)c2C=O)N(C)c2ccccc2)c(F)c1F. The van der Waals surface area contributed by atoms with Crippen LogP contribution in [0, 0.1) is 17.0 Å². The lowest BCUT2D eigenvalue weighted by Crippen LogP contribution is -2.33. The molecule has 0 saturated heterocycles. The van der Waals surface area contributed by atoms with E-state index in [2.05, 4.69) is 15.3 Å². The van der Waals surface area contributed by atoms with Crippen molar-refractivity contribution in [3.8, 4) is 5.75 Å². The second-order valence-electron chi connectivity index (χ2n) is 8.37. The van der Waals surface area contributed by atoms with Crippen molar-refractivity contribution < 1.29 is 18.3 Å². The van der Waals surface area contributed by atoms with Gasteiger partial charge in [-0.05, 0) is 36.4 Å². The van der Waals surface area contributed by atoms with Crippen LogP contribution in [0.15, 0.2) is 72.0 Å². The zero-order valence-electron chi connectivity index (χ0n) is 21.5. The molecule has 0 spiro atoms. The first kappa shape index (κ1) is 28.1. The number of methoxy groups -OCH3 is 1. The minimum atomic E-state index is -1.27. The normalized spacial score (nSPS) is 11.2. The molecule has 0 aliphatic rings. The molecule has 1 heterocycles. The molecular weight excluding hydrogens is 540 g/mol. The van der Waals surface area contributed by atoms with E-state index in [1.54, 1.807) is 30.1 Å². The third-order valence-corrected chi connectivity index (χ3v) is 6.33. The number of aliphatic imine (C=N–C) groups is 1. The Morgan fingerprint density at radius 3 is 2.58 bits per heavy atom. The summed E-state index contributed by atoms with van der Waals surface area (Å²) < 4.78 is 34.1. The number of likely N-dealkylation sites (N-methyl/N-ethyl adjacent to an activating group) is 1. The number of nitrogen functional groups attached to an aromatic ring is 1. The van der Waals surface area contributed by atoms with Crippen LogP contribution in [-0.2, 0) is 0 Å². The van der Waals surface area contributed by atoms with Gasteiger partial charge in [-0.2, -0.15) is 4.39 Å². The van der Waals surface area contributed by atoms with Gasteiger partial charge in [-0.1, -0.05) is 35.9 Å². The second-order valence-corrected chi connectivity index (χ2v) is 8.77. The Kier molecular flexibility index (Phi) is 8.65. The Balaban J connectivity index is 1.74. The number of anilines is 3. The summed E-state index contributed by atoms with van der Waals surface area (Å²) in [4.78, 5) is 26.3. The van der Waals surface area contributed by atoms with E-state index < -0.39 is 17.3 Å². The number of carbonyl (C=O) groups is 1. The number of amidine groups is 1. The Morgan fingerprint density at radius 1 is 1.12 bits per heavy atom. The van der Waals surface area contributed by atoms with Crippen molar-refractivity contribution >= 4 is 52.4 Å². The molecule has 12 heteroatoms. The number of benzene rings is 3. The highest BCUT2D eigenvalue weighted by Gasteiger charge is 2.23. The van der Waals surface area contributed by atoms with Crippen LogP contribution in [0.5, 0.6) is 5.75 Å². The molecule has 0 aliphatic heterocycles. The van der Waals surface area contributed by atoms with Gasteiger partial charge in [0.05, 0.1) is 41.2 Å². The van der Waals surface area contributed by atoms with Gasteiger partial charge in [0.25, 0.3) is 0 Å². The number of nitrogens with one attached hydrogen (secondary N) is 2. The van der Waals surface area contributed by atoms with Gasteiger partial charge in [0.2, 0.25) is 5.82 Å². The average Bonchev–Trinajstić information content (AvgIpc) is 2.96. The van der Waals surface area contributed by atoms with Gasteiger partial charge >= 0.3 is 0 Å². The number of aromatic nitrogens is 2. The molecule has 4 N–H and O–H groups in total. The first-order chi connectivity index (χ1) is 19.3. The number of nitrogens with two attached hydrogens (primary N) is 1. The van der Waals surface area contributed by atoms with Crippen molar-refractivity contribution in [1.82, 2.24) is 9.97 Å². The maximum Gasteiger partial charge on any atom is 0.201 e. The van der Waals surface area contributed by atoms with Gasteiger partial charge < -0.3 is 20.7 Å². The summed E-state index contributed by atoms with van der Waals surface area (Å²) in [5.74, 6) is -2.40. The smallest absolute Gasteiger partial charge is 0.201 e. The molecule has 9 nitrogen and oxygen atoms in total. The summed E-state index contributed by atoms with van der Waals surface area (Å²) in [5.41, 5.74) is 6.60. The summed E-state index contributed by atoms with van der Waals surface area (Å²) in [6.45, 7) is 0.0202. The molecule has 204 valence electrons. The highest BCUT2D eigenvalue weighted by molar-refractivity contribution is 6.33. The summed E-state index contributed by atoms with van der Waals surface area (Å²) >= 11 is 6.21. The van der Waals surface area contributed by atoms with Crippen LogP contribution in [0.2, 0.25) is 5.02 Å². The number of nitrogens with zero attached hydrogens (tertiary/aromatic N) is 4. The van der Waals surface area contributed by atoms with Crippen molar-refractivity contribution in [1.29, 1.82) is 5.41 Å². The van der Waals surface area contributed by atoms with Gasteiger partial charge in [0.1, 0.15) is 23.8 Å². The number of hydrogen-bond donors (Lipinski definition) is 3. The highest BCUT2D eigenvalue weighted by Crippen LogP contribution is 2.29. The minimum Gasteiger partial charge on any atom is -0.494 e. The van der Waals surface area contributed by atoms with Crippen LogP contribution in [-0.4, -0.2) is 48.5 Å². The summed E-state index contributed by atoms with van der Waals surface area (Å²) in [6, 6.07) is 16.7. The molecule has 1 aromatic heterocycles. The number of carbonyl (C=O) groups excluding carboxylic acids is 1. The summed E-state index contributed by atoms with van der Waals surface area (Å²) in [6.07, 6.45) is 1.81. The van der Waals surface area contributed by atoms with Crippen LogP contribution in [0.4, 0.5) is 31.8 Å². The fourth-order valence-corrected chi connectivity index (χ4v) is 4.09. The quantitative estimate of drug-likeness (QED) is 0.139. The van der Waals surface area contributed by atoms with Gasteiger partial charge in [-0.15, -0.1) is 0 Å². The number of aldehydes is 1. The van der Waals surface area contributed by atoms with Gasteiger partial charge in [-0.3, -0.25) is 10.2 Å². The van der Waals surface area contributed by atoms with E-state index >= 15 is 0 Å². The molecule has 0 bridgehead atoms. The number of para-hydroxylation sites is 1. The first-order valence-electron chi connectivity index (χ1n) is 11.8. The van der Waals surface area contributed by atoms with E-state index in [0.717, 1.165) is 5.69 Å². The fourth-order valence-electron chi connectivity index (χ4n) is 3.87. The van der Waals surface area contributed by atoms with E-state index in [9.17, 15) is 13.6 Å². The van der Waals surface area contributed by atoms with Crippen molar-refractivity contribution in [3.63, 3.8) is 0 Å². The maximum atomic E-state index is 14.8. The Labute approximate surface area is 233 Å².